The van der Waals surface area contributed by atoms with Crippen LogP contribution in [0.3, 0.4) is 0 Å². The van der Waals surface area contributed by atoms with Crippen LogP contribution in [0.4, 0.5) is 0 Å². The van der Waals surface area contributed by atoms with Gasteiger partial charge in [0.05, 0.1) is 12.6 Å². The summed E-state index contributed by atoms with van der Waals surface area (Å²) >= 11 is 0. The van der Waals surface area contributed by atoms with Crippen LogP contribution in [0, 0.1) is 0 Å². The van der Waals surface area contributed by atoms with E-state index in [4.69, 9.17) is 22.3 Å². The number of hydrogen-bond donors (Lipinski definition) is 9. The van der Waals surface area contributed by atoms with Crippen LogP contribution in [0.25, 0.3) is 0 Å². The molecule has 0 fully saturated rings. The number of nitrogens with one attached hydrogen (secondary N) is 4. The number of hydrogen-bond acceptors (Lipinski definition) is 9. The van der Waals surface area contributed by atoms with E-state index >= 15 is 0 Å². The summed E-state index contributed by atoms with van der Waals surface area (Å²) in [6.45, 7) is 1.75. The van der Waals surface area contributed by atoms with E-state index in [1.165, 1.54) is 6.92 Å². The molecule has 37 heavy (non-hydrogen) atoms. The quantitative estimate of drug-likeness (QED) is 0.0719. The first-order chi connectivity index (χ1) is 17.4. The van der Waals surface area contributed by atoms with E-state index in [2.05, 4.69) is 21.3 Å². The van der Waals surface area contributed by atoms with Gasteiger partial charge in [0.15, 0.2) is 0 Å². The maximum atomic E-state index is 12.8. The molecule has 0 saturated carbocycles. The first kappa shape index (κ1) is 33.7. The van der Waals surface area contributed by atoms with Gasteiger partial charge in [0.2, 0.25) is 23.6 Å². The van der Waals surface area contributed by atoms with Gasteiger partial charge in [-0.2, -0.15) is 0 Å². The van der Waals surface area contributed by atoms with Crippen LogP contribution in [-0.4, -0.2) is 89.6 Å². The first-order valence-corrected chi connectivity index (χ1v) is 12.2. The lowest BCUT2D eigenvalue weighted by atomic mass is 10.1. The molecule has 0 unspecified atom stereocenters. The Bertz CT molecular complexity index is 780. The molecule has 0 radical (unpaired) electrons. The standard InChI is InChI=1S/C22H41N7O8/c1-13(19(33)29-16(22(36)37)8-9-18(31)32)27-21(35)15(7-3-5-11-24)28-17(30)12-26-20(34)14(25)6-2-4-10-23/h13-16H,2-12,23-25H2,1H3,(H,26,34)(H,27,35)(H,28,30)(H,29,33)(H,31,32)(H,36,37)/t13-,14-,15-,16-/m0/s1. The summed E-state index contributed by atoms with van der Waals surface area (Å²) in [5, 5.41) is 27.4. The molecule has 12 N–H and O–H groups in total. The summed E-state index contributed by atoms with van der Waals surface area (Å²) < 4.78 is 0. The molecule has 0 saturated heterocycles. The van der Waals surface area contributed by atoms with Crippen molar-refractivity contribution >= 4 is 35.6 Å². The Balaban J connectivity index is 4.97. The van der Waals surface area contributed by atoms with Crippen molar-refractivity contribution < 1.29 is 39.0 Å². The largest absolute Gasteiger partial charge is 0.481 e. The minimum absolute atomic E-state index is 0.200. The average molecular weight is 532 g/mol. The fraction of sp³-hybridized carbons (Fsp3) is 0.727. The molecule has 15 heteroatoms. The second kappa shape index (κ2) is 18.9. The van der Waals surface area contributed by atoms with Crippen LogP contribution in [0.1, 0.15) is 58.3 Å². The summed E-state index contributed by atoms with van der Waals surface area (Å²) in [6.07, 6.45) is 2.26. The van der Waals surface area contributed by atoms with Gasteiger partial charge in [-0.3, -0.25) is 24.0 Å². The molecule has 0 aromatic rings. The SMILES string of the molecule is C[C@H](NC(=O)[C@H](CCCCN)NC(=O)CNC(=O)[C@@H](N)CCCCN)C(=O)N[C@@H](CCC(=O)O)C(=O)O. The molecular weight excluding hydrogens is 490 g/mol. The molecule has 0 bridgehead atoms. The van der Waals surface area contributed by atoms with Gasteiger partial charge in [-0.05, 0) is 58.5 Å². The Kier molecular flexibility index (Phi) is 17.2. The third-order valence-corrected chi connectivity index (χ3v) is 5.34. The van der Waals surface area contributed by atoms with Crippen molar-refractivity contribution in [2.24, 2.45) is 17.2 Å². The second-order valence-corrected chi connectivity index (χ2v) is 8.58. The fourth-order valence-corrected chi connectivity index (χ4v) is 3.15. The molecule has 15 nitrogen and oxygen atoms in total. The van der Waals surface area contributed by atoms with Crippen molar-refractivity contribution in [1.82, 2.24) is 21.3 Å². The lowest BCUT2D eigenvalue weighted by molar-refractivity contribution is -0.143. The van der Waals surface area contributed by atoms with Crippen molar-refractivity contribution in [1.29, 1.82) is 0 Å². The zero-order valence-electron chi connectivity index (χ0n) is 21.2. The molecule has 4 amide bonds. The van der Waals surface area contributed by atoms with E-state index in [-0.39, 0.29) is 12.8 Å². The fourth-order valence-electron chi connectivity index (χ4n) is 3.15. The maximum Gasteiger partial charge on any atom is 0.326 e. The van der Waals surface area contributed by atoms with Crippen molar-refractivity contribution in [3.8, 4) is 0 Å². The van der Waals surface area contributed by atoms with Crippen molar-refractivity contribution in [2.45, 2.75) is 82.5 Å². The van der Waals surface area contributed by atoms with Gasteiger partial charge in [0, 0.05) is 6.42 Å². The van der Waals surface area contributed by atoms with Gasteiger partial charge in [-0.1, -0.05) is 6.42 Å². The Morgan fingerprint density at radius 2 is 1.32 bits per heavy atom. The van der Waals surface area contributed by atoms with Gasteiger partial charge in [-0.15, -0.1) is 0 Å². The Morgan fingerprint density at radius 1 is 0.730 bits per heavy atom. The van der Waals surface area contributed by atoms with Crippen LogP contribution < -0.4 is 38.5 Å². The Labute approximate surface area is 215 Å². The lowest BCUT2D eigenvalue weighted by Crippen LogP contribution is -2.55. The van der Waals surface area contributed by atoms with Gasteiger partial charge < -0.3 is 48.7 Å². The van der Waals surface area contributed by atoms with E-state index in [1.54, 1.807) is 0 Å². The van der Waals surface area contributed by atoms with Gasteiger partial charge in [-0.25, -0.2) is 4.79 Å². The third kappa shape index (κ3) is 15.4. The topological polar surface area (TPSA) is 269 Å². The highest BCUT2D eigenvalue weighted by Gasteiger charge is 2.27. The third-order valence-electron chi connectivity index (χ3n) is 5.34. The Morgan fingerprint density at radius 3 is 1.86 bits per heavy atom. The molecule has 0 aromatic carbocycles. The predicted molar refractivity (Wildman–Crippen MR) is 133 cm³/mol. The van der Waals surface area contributed by atoms with E-state index in [0.29, 0.717) is 38.8 Å². The normalized spacial score (nSPS) is 13.9. The minimum atomic E-state index is -1.45. The van der Waals surface area contributed by atoms with E-state index in [9.17, 15) is 33.9 Å². The van der Waals surface area contributed by atoms with Gasteiger partial charge in [0.25, 0.3) is 0 Å². The van der Waals surface area contributed by atoms with Crippen molar-refractivity contribution in [2.75, 3.05) is 19.6 Å². The summed E-state index contributed by atoms with van der Waals surface area (Å²) in [6, 6.07) is -4.48. The molecule has 0 aliphatic heterocycles. The highest BCUT2D eigenvalue weighted by molar-refractivity contribution is 5.94. The molecule has 0 aliphatic carbocycles. The van der Waals surface area contributed by atoms with Gasteiger partial charge >= 0.3 is 11.9 Å². The summed E-state index contributed by atoms with van der Waals surface area (Å²) in [5.74, 6) is -5.34. The average Bonchev–Trinajstić information content (AvgIpc) is 2.83. The maximum absolute atomic E-state index is 12.8. The highest BCUT2D eigenvalue weighted by atomic mass is 16.4. The number of unbranched alkanes of at least 4 members (excludes halogenated alkanes) is 2. The number of carboxylic acids is 2. The molecule has 0 aromatic heterocycles. The number of carbonyl (C=O) groups excluding carboxylic acids is 4. The van der Waals surface area contributed by atoms with Crippen LogP contribution in [-0.2, 0) is 28.8 Å². The van der Waals surface area contributed by atoms with Crippen LogP contribution in [0.2, 0.25) is 0 Å². The number of carbonyl (C=O) groups is 6. The van der Waals surface area contributed by atoms with E-state index in [1.807, 2.05) is 0 Å². The second-order valence-electron chi connectivity index (χ2n) is 8.58. The number of rotatable bonds is 20. The number of carboxylic acid groups (broad SMARTS) is 2. The minimum Gasteiger partial charge on any atom is -0.481 e. The van der Waals surface area contributed by atoms with Crippen molar-refractivity contribution in [3.63, 3.8) is 0 Å². The molecule has 0 rings (SSSR count). The van der Waals surface area contributed by atoms with Crippen LogP contribution >= 0.6 is 0 Å². The number of nitrogens with two attached hydrogens (primary N) is 3. The molecular formula is C22H41N7O8. The Hall–Kier alpha value is -3.30. The molecule has 0 spiro atoms. The zero-order valence-corrected chi connectivity index (χ0v) is 21.2. The van der Waals surface area contributed by atoms with Crippen LogP contribution in [0.15, 0.2) is 0 Å². The lowest BCUT2D eigenvalue weighted by Gasteiger charge is -2.22. The summed E-state index contributed by atoms with van der Waals surface area (Å²) in [5.41, 5.74) is 16.7. The van der Waals surface area contributed by atoms with E-state index in [0.717, 1.165) is 6.42 Å². The molecule has 0 aliphatic rings. The summed E-state index contributed by atoms with van der Waals surface area (Å²) in [4.78, 5) is 71.5. The molecule has 0 heterocycles. The number of aliphatic carboxylic acids is 2. The van der Waals surface area contributed by atoms with E-state index < -0.39 is 72.7 Å². The molecule has 212 valence electrons. The smallest absolute Gasteiger partial charge is 0.326 e. The van der Waals surface area contributed by atoms with Crippen LogP contribution in [0.5, 0.6) is 0 Å². The highest BCUT2D eigenvalue weighted by Crippen LogP contribution is 2.03. The predicted octanol–water partition coefficient (Wildman–Crippen LogP) is -2.89. The van der Waals surface area contributed by atoms with Crippen molar-refractivity contribution in [3.05, 3.63) is 0 Å². The van der Waals surface area contributed by atoms with Gasteiger partial charge in [0.1, 0.15) is 18.1 Å². The monoisotopic (exact) mass is 531 g/mol. The summed E-state index contributed by atoms with van der Waals surface area (Å²) in [7, 11) is 0. The first-order valence-electron chi connectivity index (χ1n) is 12.2. The zero-order chi connectivity index (χ0) is 28.4. The molecule has 4 atom stereocenters. The number of amides is 4.